The van der Waals surface area contributed by atoms with Crippen molar-refractivity contribution in [3.63, 3.8) is 0 Å². The Labute approximate surface area is 125 Å². The van der Waals surface area contributed by atoms with Gasteiger partial charge in [-0.3, -0.25) is 0 Å². The molecule has 0 aliphatic carbocycles. The predicted molar refractivity (Wildman–Crippen MR) is 81.2 cm³/mol. The second-order valence-electron chi connectivity index (χ2n) is 4.58. The molecular formula is C14H14N6O2. The van der Waals surface area contributed by atoms with Gasteiger partial charge in [0.1, 0.15) is 12.1 Å². The molecule has 0 unspecified atom stereocenters. The van der Waals surface area contributed by atoms with Crippen LogP contribution in [0.15, 0.2) is 36.8 Å². The van der Waals surface area contributed by atoms with E-state index in [1.165, 1.54) is 18.5 Å². The zero-order chi connectivity index (χ0) is 15.5. The summed E-state index contributed by atoms with van der Waals surface area (Å²) in [5, 5.41) is 17.1. The van der Waals surface area contributed by atoms with E-state index in [0.29, 0.717) is 24.6 Å². The van der Waals surface area contributed by atoms with E-state index in [2.05, 4.69) is 20.4 Å². The molecule has 112 valence electrons. The number of carboxylic acid groups (broad SMARTS) is 1. The summed E-state index contributed by atoms with van der Waals surface area (Å²) in [5.41, 5.74) is 7.07. The summed E-state index contributed by atoms with van der Waals surface area (Å²) in [6, 6.07) is 6.43. The van der Waals surface area contributed by atoms with Crippen LogP contribution in [0, 0.1) is 0 Å². The average molecular weight is 298 g/mol. The minimum absolute atomic E-state index is 0.222. The lowest BCUT2D eigenvalue weighted by atomic mass is 10.2. The average Bonchev–Trinajstić information content (AvgIpc) is 2.97. The van der Waals surface area contributed by atoms with Crippen molar-refractivity contribution in [1.82, 2.24) is 19.7 Å². The van der Waals surface area contributed by atoms with Crippen LogP contribution >= 0.6 is 0 Å². The van der Waals surface area contributed by atoms with Gasteiger partial charge in [-0.15, -0.1) is 0 Å². The van der Waals surface area contributed by atoms with Crippen LogP contribution < -0.4 is 11.1 Å². The molecule has 0 saturated heterocycles. The van der Waals surface area contributed by atoms with Crippen LogP contribution in [0.4, 0.5) is 5.82 Å². The largest absolute Gasteiger partial charge is 0.478 e. The molecule has 0 amide bonds. The quantitative estimate of drug-likeness (QED) is 0.639. The fourth-order valence-corrected chi connectivity index (χ4v) is 2.11. The fourth-order valence-electron chi connectivity index (χ4n) is 2.11. The summed E-state index contributed by atoms with van der Waals surface area (Å²) in [6.45, 7) is 1.10. The number of benzene rings is 1. The molecule has 0 bridgehead atoms. The van der Waals surface area contributed by atoms with Gasteiger partial charge in [-0.05, 0) is 24.3 Å². The molecule has 2 heterocycles. The van der Waals surface area contributed by atoms with Crippen LogP contribution in [0.1, 0.15) is 10.4 Å². The highest BCUT2D eigenvalue weighted by Crippen LogP contribution is 2.21. The lowest BCUT2D eigenvalue weighted by Gasteiger charge is -2.06. The first-order valence-corrected chi connectivity index (χ1v) is 6.67. The van der Waals surface area contributed by atoms with Gasteiger partial charge in [0.05, 0.1) is 22.8 Å². The molecule has 3 rings (SSSR count). The molecule has 4 N–H and O–H groups in total. The van der Waals surface area contributed by atoms with Gasteiger partial charge < -0.3 is 16.2 Å². The molecule has 0 atom stereocenters. The van der Waals surface area contributed by atoms with Gasteiger partial charge in [0.2, 0.25) is 0 Å². The Morgan fingerprint density at radius 3 is 2.73 bits per heavy atom. The first kappa shape index (κ1) is 14.0. The number of aromatic carboxylic acids is 1. The van der Waals surface area contributed by atoms with Gasteiger partial charge in [-0.25, -0.2) is 19.4 Å². The lowest BCUT2D eigenvalue weighted by molar-refractivity contribution is 0.0697. The van der Waals surface area contributed by atoms with Gasteiger partial charge in [0, 0.05) is 13.1 Å². The number of fused-ring (bicyclic) bond motifs is 1. The van der Waals surface area contributed by atoms with Crippen molar-refractivity contribution >= 4 is 22.8 Å². The zero-order valence-corrected chi connectivity index (χ0v) is 11.6. The van der Waals surface area contributed by atoms with E-state index in [9.17, 15) is 4.79 Å². The highest BCUT2D eigenvalue weighted by Gasteiger charge is 2.11. The van der Waals surface area contributed by atoms with Crippen molar-refractivity contribution in [3.05, 3.63) is 42.4 Å². The molecular weight excluding hydrogens is 284 g/mol. The van der Waals surface area contributed by atoms with Gasteiger partial charge in [-0.2, -0.15) is 5.10 Å². The minimum Gasteiger partial charge on any atom is -0.478 e. The van der Waals surface area contributed by atoms with Crippen LogP contribution in [-0.4, -0.2) is 43.9 Å². The number of carboxylic acids is 1. The summed E-state index contributed by atoms with van der Waals surface area (Å²) in [7, 11) is 0. The number of anilines is 1. The third-order valence-electron chi connectivity index (χ3n) is 3.16. The van der Waals surface area contributed by atoms with E-state index >= 15 is 0 Å². The van der Waals surface area contributed by atoms with Gasteiger partial charge in [0.25, 0.3) is 0 Å². The van der Waals surface area contributed by atoms with Gasteiger partial charge >= 0.3 is 5.97 Å². The van der Waals surface area contributed by atoms with E-state index in [4.69, 9.17) is 10.8 Å². The molecule has 0 fully saturated rings. The number of nitrogens with zero attached hydrogens (tertiary/aromatic N) is 4. The van der Waals surface area contributed by atoms with Crippen molar-refractivity contribution < 1.29 is 9.90 Å². The highest BCUT2D eigenvalue weighted by atomic mass is 16.4. The third kappa shape index (κ3) is 2.47. The Hall–Kier alpha value is -3.00. The zero-order valence-electron chi connectivity index (χ0n) is 11.6. The van der Waals surface area contributed by atoms with Gasteiger partial charge in [0.15, 0.2) is 5.65 Å². The first-order valence-electron chi connectivity index (χ1n) is 6.67. The lowest BCUT2D eigenvalue weighted by Crippen LogP contribution is -2.14. The molecule has 8 heteroatoms. The van der Waals surface area contributed by atoms with Crippen molar-refractivity contribution in [1.29, 1.82) is 0 Å². The maximum atomic E-state index is 10.9. The summed E-state index contributed by atoms with van der Waals surface area (Å²) >= 11 is 0. The van der Waals surface area contributed by atoms with E-state index in [1.807, 2.05) is 0 Å². The monoisotopic (exact) mass is 298 g/mol. The summed E-state index contributed by atoms with van der Waals surface area (Å²) < 4.78 is 1.64. The normalized spacial score (nSPS) is 10.8. The van der Waals surface area contributed by atoms with Crippen LogP contribution in [0.3, 0.4) is 0 Å². The number of aromatic nitrogens is 4. The molecule has 0 aliphatic heterocycles. The smallest absolute Gasteiger partial charge is 0.335 e. The molecule has 0 aliphatic rings. The Balaban J connectivity index is 2.02. The number of carbonyl (C=O) groups is 1. The molecule has 8 nitrogen and oxygen atoms in total. The van der Waals surface area contributed by atoms with Crippen LogP contribution in [-0.2, 0) is 0 Å². The molecule has 2 aromatic heterocycles. The molecule has 1 aromatic carbocycles. The first-order chi connectivity index (χ1) is 10.7. The highest BCUT2D eigenvalue weighted by molar-refractivity contribution is 5.89. The molecule has 3 aromatic rings. The summed E-state index contributed by atoms with van der Waals surface area (Å²) in [6.07, 6.45) is 3.12. The van der Waals surface area contributed by atoms with Crippen LogP contribution in [0.5, 0.6) is 0 Å². The summed E-state index contributed by atoms with van der Waals surface area (Å²) in [5.74, 6) is -0.295. The van der Waals surface area contributed by atoms with E-state index in [0.717, 1.165) is 11.1 Å². The number of rotatable bonds is 5. The van der Waals surface area contributed by atoms with E-state index < -0.39 is 5.97 Å². The summed E-state index contributed by atoms with van der Waals surface area (Å²) in [4.78, 5) is 19.3. The van der Waals surface area contributed by atoms with Crippen molar-refractivity contribution in [2.45, 2.75) is 0 Å². The molecule has 0 radical (unpaired) electrons. The maximum Gasteiger partial charge on any atom is 0.335 e. The van der Waals surface area contributed by atoms with Crippen molar-refractivity contribution in [2.75, 3.05) is 18.4 Å². The van der Waals surface area contributed by atoms with Crippen molar-refractivity contribution in [2.24, 2.45) is 5.73 Å². The number of hydrogen-bond acceptors (Lipinski definition) is 6. The molecule has 0 saturated carbocycles. The SMILES string of the molecule is NCCNc1ncnc2c1cnn2-c1ccc(C(=O)O)cc1. The van der Waals surface area contributed by atoms with Crippen molar-refractivity contribution in [3.8, 4) is 5.69 Å². The number of hydrogen-bond donors (Lipinski definition) is 3. The Bertz CT molecular complexity index is 812. The van der Waals surface area contributed by atoms with E-state index in [-0.39, 0.29) is 5.56 Å². The molecule has 22 heavy (non-hydrogen) atoms. The molecule has 0 spiro atoms. The standard InChI is InChI=1S/C14H14N6O2/c15-5-6-16-12-11-7-19-20(13(11)18-8-17-12)10-3-1-9(2-4-10)14(21)22/h1-4,7-8H,5-6,15H2,(H,21,22)(H,16,17,18). The fraction of sp³-hybridized carbons (Fsp3) is 0.143. The Morgan fingerprint density at radius 1 is 1.27 bits per heavy atom. The third-order valence-corrected chi connectivity index (χ3v) is 3.16. The topological polar surface area (TPSA) is 119 Å². The van der Waals surface area contributed by atoms with Gasteiger partial charge in [-0.1, -0.05) is 0 Å². The Kier molecular flexibility index (Phi) is 3.67. The number of nitrogens with one attached hydrogen (secondary N) is 1. The van der Waals surface area contributed by atoms with Crippen LogP contribution in [0.25, 0.3) is 16.7 Å². The number of nitrogens with two attached hydrogens (primary N) is 1. The second kappa shape index (κ2) is 5.78. The minimum atomic E-state index is -0.965. The maximum absolute atomic E-state index is 10.9. The van der Waals surface area contributed by atoms with E-state index in [1.54, 1.807) is 23.0 Å². The predicted octanol–water partition coefficient (Wildman–Crippen LogP) is 0.884. The van der Waals surface area contributed by atoms with Crippen LogP contribution in [0.2, 0.25) is 0 Å². The Morgan fingerprint density at radius 2 is 2.05 bits per heavy atom. The second-order valence-corrected chi connectivity index (χ2v) is 4.58.